The van der Waals surface area contributed by atoms with Crippen LogP contribution in [0.4, 0.5) is 5.69 Å². The summed E-state index contributed by atoms with van der Waals surface area (Å²) in [6.07, 6.45) is 3.69. The van der Waals surface area contributed by atoms with Gasteiger partial charge in [-0.25, -0.2) is 0 Å². The molecule has 0 amide bonds. The minimum absolute atomic E-state index is 0.699. The first-order valence-corrected chi connectivity index (χ1v) is 7.40. The molecule has 0 unspecified atom stereocenters. The molecule has 1 fully saturated rings. The van der Waals surface area contributed by atoms with Crippen LogP contribution in [0.25, 0.3) is 0 Å². The maximum absolute atomic E-state index is 5.29. The lowest BCUT2D eigenvalue weighted by Crippen LogP contribution is -2.43. The maximum Gasteiger partial charge on any atom is 0.0733 e. The molecule has 3 nitrogen and oxygen atoms in total. The van der Waals surface area contributed by atoms with E-state index in [1.807, 2.05) is 0 Å². The lowest BCUT2D eigenvalue weighted by molar-refractivity contribution is 0.185. The largest absolute Gasteiger partial charge is 0.380 e. The lowest BCUT2D eigenvalue weighted by atomic mass is 10.0. The summed E-state index contributed by atoms with van der Waals surface area (Å²) < 4.78 is 5.29. The molecule has 0 atom stereocenters. The minimum Gasteiger partial charge on any atom is -0.380 e. The van der Waals surface area contributed by atoms with Crippen molar-refractivity contribution in [2.24, 2.45) is 0 Å². The summed E-state index contributed by atoms with van der Waals surface area (Å²) in [5.41, 5.74) is 2.64. The molecule has 0 spiro atoms. The molecule has 3 heteroatoms. The quantitative estimate of drug-likeness (QED) is 0.853. The third kappa shape index (κ3) is 3.95. The van der Waals surface area contributed by atoms with E-state index >= 15 is 0 Å². The number of benzene rings is 1. The van der Waals surface area contributed by atoms with Crippen LogP contribution >= 0.6 is 0 Å². The van der Waals surface area contributed by atoms with Crippen molar-refractivity contribution in [3.63, 3.8) is 0 Å². The first-order valence-electron chi connectivity index (χ1n) is 7.40. The molecule has 2 rings (SSSR count). The summed E-state index contributed by atoms with van der Waals surface area (Å²) in [6.45, 7) is 6.35. The zero-order valence-electron chi connectivity index (χ0n) is 12.2. The normalized spacial score (nSPS) is 16.8. The lowest BCUT2D eigenvalue weighted by Gasteiger charge is -2.35. The second-order valence-electron chi connectivity index (χ2n) is 5.28. The number of para-hydroxylation sites is 1. The van der Waals surface area contributed by atoms with Crippen molar-refractivity contribution in [3.8, 4) is 0 Å². The SMILES string of the molecule is CCCNC1CCN(c2ccccc2COC)CC1. The topological polar surface area (TPSA) is 24.5 Å². The number of methoxy groups -OCH3 is 1. The molecule has 106 valence electrons. The average Bonchev–Trinajstić information content (AvgIpc) is 2.47. The van der Waals surface area contributed by atoms with Gasteiger partial charge in [-0.05, 0) is 31.9 Å². The molecule has 0 bridgehead atoms. The average molecular weight is 262 g/mol. The minimum atomic E-state index is 0.699. The van der Waals surface area contributed by atoms with Gasteiger partial charge in [0.15, 0.2) is 0 Å². The van der Waals surface area contributed by atoms with E-state index in [2.05, 4.69) is 41.4 Å². The van der Waals surface area contributed by atoms with Crippen LogP contribution in [0.1, 0.15) is 31.7 Å². The smallest absolute Gasteiger partial charge is 0.0733 e. The van der Waals surface area contributed by atoms with Gasteiger partial charge in [-0.3, -0.25) is 0 Å². The first kappa shape index (κ1) is 14.4. The summed E-state index contributed by atoms with van der Waals surface area (Å²) >= 11 is 0. The van der Waals surface area contributed by atoms with Gasteiger partial charge >= 0.3 is 0 Å². The van der Waals surface area contributed by atoms with Crippen molar-refractivity contribution < 1.29 is 4.74 Å². The highest BCUT2D eigenvalue weighted by molar-refractivity contribution is 5.53. The molecule has 1 saturated heterocycles. The molecule has 1 aromatic carbocycles. The van der Waals surface area contributed by atoms with E-state index in [1.54, 1.807) is 7.11 Å². The maximum atomic E-state index is 5.29. The number of ether oxygens (including phenoxy) is 1. The Balaban J connectivity index is 1.93. The molecule has 1 heterocycles. The molecule has 1 aliphatic rings. The fourth-order valence-electron chi connectivity index (χ4n) is 2.77. The van der Waals surface area contributed by atoms with Crippen molar-refractivity contribution in [2.45, 2.75) is 38.8 Å². The van der Waals surface area contributed by atoms with Crippen LogP contribution in [0.5, 0.6) is 0 Å². The summed E-state index contributed by atoms with van der Waals surface area (Å²) in [7, 11) is 1.76. The number of piperidine rings is 1. The number of nitrogens with zero attached hydrogens (tertiary/aromatic N) is 1. The van der Waals surface area contributed by atoms with E-state index in [0.717, 1.165) is 19.6 Å². The Morgan fingerprint density at radius 1 is 1.26 bits per heavy atom. The second-order valence-corrected chi connectivity index (χ2v) is 5.28. The van der Waals surface area contributed by atoms with E-state index in [1.165, 1.54) is 30.5 Å². The molecule has 0 aliphatic carbocycles. The highest BCUT2D eigenvalue weighted by Gasteiger charge is 2.20. The molecule has 1 aliphatic heterocycles. The summed E-state index contributed by atoms with van der Waals surface area (Å²) in [5.74, 6) is 0. The summed E-state index contributed by atoms with van der Waals surface area (Å²) in [4.78, 5) is 2.50. The molecule has 19 heavy (non-hydrogen) atoms. The van der Waals surface area contributed by atoms with Gasteiger partial charge in [0.2, 0.25) is 0 Å². The highest BCUT2D eigenvalue weighted by atomic mass is 16.5. The number of hydrogen-bond acceptors (Lipinski definition) is 3. The third-order valence-corrected chi connectivity index (χ3v) is 3.81. The Morgan fingerprint density at radius 2 is 2.00 bits per heavy atom. The van der Waals surface area contributed by atoms with E-state index in [0.29, 0.717) is 12.6 Å². The summed E-state index contributed by atoms with van der Waals surface area (Å²) in [5, 5.41) is 3.63. The first-order chi connectivity index (χ1) is 9.35. The molecule has 1 aromatic rings. The van der Waals surface area contributed by atoms with Crippen LogP contribution in [0.2, 0.25) is 0 Å². The highest BCUT2D eigenvalue weighted by Crippen LogP contribution is 2.24. The van der Waals surface area contributed by atoms with Gasteiger partial charge in [0, 0.05) is 37.5 Å². The van der Waals surface area contributed by atoms with Crippen LogP contribution in [0.3, 0.4) is 0 Å². The standard InChI is InChI=1S/C16H26N2O/c1-3-10-17-15-8-11-18(12-9-15)16-7-5-4-6-14(16)13-19-2/h4-7,15,17H,3,8-13H2,1-2H3. The van der Waals surface area contributed by atoms with E-state index in [4.69, 9.17) is 4.74 Å². The fourth-order valence-corrected chi connectivity index (χ4v) is 2.77. The Morgan fingerprint density at radius 3 is 2.68 bits per heavy atom. The van der Waals surface area contributed by atoms with E-state index in [9.17, 15) is 0 Å². The molecule has 0 radical (unpaired) electrons. The van der Waals surface area contributed by atoms with Gasteiger partial charge < -0.3 is 15.0 Å². The molecular weight excluding hydrogens is 236 g/mol. The Bertz CT molecular complexity index is 373. The van der Waals surface area contributed by atoms with Gasteiger partial charge in [0.25, 0.3) is 0 Å². The molecule has 0 aromatic heterocycles. The fraction of sp³-hybridized carbons (Fsp3) is 0.625. The Hall–Kier alpha value is -1.06. The predicted molar refractivity (Wildman–Crippen MR) is 80.7 cm³/mol. The van der Waals surface area contributed by atoms with E-state index in [-0.39, 0.29) is 0 Å². The monoisotopic (exact) mass is 262 g/mol. The second kappa shape index (κ2) is 7.51. The van der Waals surface area contributed by atoms with Crippen molar-refractivity contribution in [1.29, 1.82) is 0 Å². The molecule has 1 N–H and O–H groups in total. The zero-order valence-corrected chi connectivity index (χ0v) is 12.2. The van der Waals surface area contributed by atoms with Gasteiger partial charge in [0.05, 0.1) is 6.61 Å². The van der Waals surface area contributed by atoms with Crippen molar-refractivity contribution in [2.75, 3.05) is 31.6 Å². The van der Waals surface area contributed by atoms with Gasteiger partial charge in [-0.15, -0.1) is 0 Å². The van der Waals surface area contributed by atoms with Crippen LogP contribution in [-0.2, 0) is 11.3 Å². The number of hydrogen-bond donors (Lipinski definition) is 1. The van der Waals surface area contributed by atoms with Gasteiger partial charge in [-0.2, -0.15) is 0 Å². The van der Waals surface area contributed by atoms with Crippen molar-refractivity contribution in [1.82, 2.24) is 5.32 Å². The van der Waals surface area contributed by atoms with Crippen molar-refractivity contribution >= 4 is 5.69 Å². The van der Waals surface area contributed by atoms with Crippen LogP contribution in [0, 0.1) is 0 Å². The Labute approximate surface area is 116 Å². The van der Waals surface area contributed by atoms with Crippen LogP contribution in [0.15, 0.2) is 24.3 Å². The van der Waals surface area contributed by atoms with Crippen molar-refractivity contribution in [3.05, 3.63) is 29.8 Å². The molecular formula is C16H26N2O. The zero-order chi connectivity index (χ0) is 13.5. The Kier molecular flexibility index (Phi) is 5.67. The molecule has 0 saturated carbocycles. The van der Waals surface area contributed by atoms with E-state index < -0.39 is 0 Å². The number of anilines is 1. The summed E-state index contributed by atoms with van der Waals surface area (Å²) in [6, 6.07) is 9.29. The van der Waals surface area contributed by atoms with Crippen LogP contribution in [-0.4, -0.2) is 32.8 Å². The predicted octanol–water partition coefficient (Wildman–Crippen LogP) is 2.80. The van der Waals surface area contributed by atoms with Gasteiger partial charge in [-0.1, -0.05) is 25.1 Å². The number of nitrogens with one attached hydrogen (secondary N) is 1. The number of rotatable bonds is 6. The third-order valence-electron chi connectivity index (χ3n) is 3.81. The van der Waals surface area contributed by atoms with Crippen LogP contribution < -0.4 is 10.2 Å². The van der Waals surface area contributed by atoms with Gasteiger partial charge in [0.1, 0.15) is 0 Å².